The highest BCUT2D eigenvalue weighted by molar-refractivity contribution is 5.89. The zero-order chi connectivity index (χ0) is 26.8. The molecule has 9 nitrogen and oxygen atoms in total. The smallest absolute Gasteiger partial charge is 0.412 e. The first kappa shape index (κ1) is 26.4. The molecule has 38 heavy (non-hydrogen) atoms. The number of carbonyl (C=O) groups is 1. The van der Waals surface area contributed by atoms with Gasteiger partial charge in [-0.15, -0.1) is 0 Å². The third-order valence-corrected chi connectivity index (χ3v) is 8.01. The lowest BCUT2D eigenvalue weighted by Crippen LogP contribution is -2.52. The molecule has 5 rings (SSSR count). The van der Waals surface area contributed by atoms with Gasteiger partial charge in [0.1, 0.15) is 17.7 Å². The Hall–Kier alpha value is -3.17. The second-order valence-electron chi connectivity index (χ2n) is 10.8. The molecule has 1 amide bonds. The van der Waals surface area contributed by atoms with Gasteiger partial charge >= 0.3 is 6.09 Å². The molecule has 1 N–H and O–H groups in total. The summed E-state index contributed by atoms with van der Waals surface area (Å²) in [6.45, 7) is 10.6. The number of rotatable bonds is 8. The van der Waals surface area contributed by atoms with Crippen LogP contribution >= 0.6 is 0 Å². The van der Waals surface area contributed by atoms with Crippen LogP contribution in [0.15, 0.2) is 30.6 Å². The largest absolute Gasteiger partial charge is 0.495 e. The Labute approximate surface area is 225 Å². The van der Waals surface area contributed by atoms with Gasteiger partial charge in [-0.1, -0.05) is 19.4 Å². The molecule has 1 saturated carbocycles. The van der Waals surface area contributed by atoms with Crippen LogP contribution in [0, 0.1) is 6.92 Å². The number of benzene rings is 1. The Morgan fingerprint density at radius 3 is 2.68 bits per heavy atom. The molecule has 3 aromatic rings. The predicted octanol–water partition coefficient (Wildman–Crippen LogP) is 4.94. The lowest BCUT2D eigenvalue weighted by atomic mass is 9.78. The van der Waals surface area contributed by atoms with Crippen molar-refractivity contribution in [3.05, 3.63) is 42.1 Å². The summed E-state index contributed by atoms with van der Waals surface area (Å²) in [5, 5.41) is 2.83. The van der Waals surface area contributed by atoms with Gasteiger partial charge in [-0.25, -0.2) is 9.78 Å². The van der Waals surface area contributed by atoms with E-state index >= 15 is 0 Å². The lowest BCUT2D eigenvalue weighted by Gasteiger charge is -2.45. The molecular weight excluding hydrogens is 480 g/mol. The van der Waals surface area contributed by atoms with Crippen molar-refractivity contribution in [2.24, 2.45) is 0 Å². The van der Waals surface area contributed by atoms with E-state index in [2.05, 4.69) is 38.5 Å². The van der Waals surface area contributed by atoms with Crippen molar-refractivity contribution >= 4 is 17.3 Å². The average molecular weight is 521 g/mol. The van der Waals surface area contributed by atoms with Gasteiger partial charge in [-0.2, -0.15) is 0 Å². The van der Waals surface area contributed by atoms with Gasteiger partial charge in [-0.05, 0) is 52.3 Å². The molecule has 0 bridgehead atoms. The molecule has 1 aliphatic carbocycles. The molecule has 1 atom stereocenters. The summed E-state index contributed by atoms with van der Waals surface area (Å²) < 4.78 is 13.3. The molecule has 204 valence electrons. The van der Waals surface area contributed by atoms with Crippen LogP contribution in [0.2, 0.25) is 0 Å². The number of likely N-dealkylation sites (N-methyl/N-ethyl adjacent to an activating group) is 1. The third kappa shape index (κ3) is 5.35. The van der Waals surface area contributed by atoms with Gasteiger partial charge in [0.2, 0.25) is 0 Å². The summed E-state index contributed by atoms with van der Waals surface area (Å²) in [4.78, 5) is 27.2. The minimum absolute atomic E-state index is 0.140. The molecule has 2 aliphatic rings. The van der Waals surface area contributed by atoms with E-state index in [-0.39, 0.29) is 6.10 Å². The number of anilines is 1. The number of nitrogens with zero attached hydrogens (tertiary/aromatic N) is 5. The number of hydrogen-bond acceptors (Lipinski definition) is 7. The number of piperazine rings is 1. The minimum Gasteiger partial charge on any atom is -0.495 e. The molecule has 0 spiro atoms. The first-order chi connectivity index (χ1) is 18.4. The van der Waals surface area contributed by atoms with Crippen LogP contribution < -0.4 is 10.1 Å². The molecule has 3 heterocycles. The first-order valence-corrected chi connectivity index (χ1v) is 13.8. The van der Waals surface area contributed by atoms with Gasteiger partial charge in [0.25, 0.3) is 0 Å². The maximum atomic E-state index is 12.4. The van der Waals surface area contributed by atoms with Gasteiger partial charge in [0.15, 0.2) is 0 Å². The van der Waals surface area contributed by atoms with E-state index in [0.29, 0.717) is 23.4 Å². The van der Waals surface area contributed by atoms with Crippen molar-refractivity contribution in [3.8, 4) is 17.0 Å². The predicted molar refractivity (Wildman–Crippen MR) is 149 cm³/mol. The van der Waals surface area contributed by atoms with Gasteiger partial charge in [-0.3, -0.25) is 19.6 Å². The van der Waals surface area contributed by atoms with Gasteiger partial charge in [0.05, 0.1) is 29.7 Å². The monoisotopic (exact) mass is 520 g/mol. The number of imidazole rings is 1. The average Bonchev–Trinajstić information content (AvgIpc) is 3.25. The third-order valence-electron chi connectivity index (χ3n) is 8.01. The number of carbonyl (C=O) groups excluding carboxylic acids is 1. The molecule has 2 aromatic heterocycles. The SMILES string of the molecule is CCC[C@H](C)OC(=O)Nc1ccc(-c2nc([C@H]3C[C@H](N4CCN(C)CC4)C3)n3ccnc(C)c23)cc1OC. The quantitative estimate of drug-likeness (QED) is 0.450. The van der Waals surface area contributed by atoms with Crippen molar-refractivity contribution in [3.63, 3.8) is 0 Å². The van der Waals surface area contributed by atoms with Crippen LogP contribution in [0.5, 0.6) is 5.75 Å². The number of aryl methyl sites for hydroxylation is 1. The Balaban J connectivity index is 1.38. The Morgan fingerprint density at radius 2 is 1.97 bits per heavy atom. The van der Waals surface area contributed by atoms with Crippen molar-refractivity contribution in [2.45, 2.75) is 64.5 Å². The summed E-state index contributed by atoms with van der Waals surface area (Å²) in [6.07, 6.45) is 7.31. The fraction of sp³-hybridized carbons (Fsp3) is 0.552. The fourth-order valence-corrected chi connectivity index (χ4v) is 5.72. The number of aromatic nitrogens is 3. The number of nitrogens with one attached hydrogen (secondary N) is 1. The first-order valence-electron chi connectivity index (χ1n) is 13.8. The fourth-order valence-electron chi connectivity index (χ4n) is 5.72. The summed E-state index contributed by atoms with van der Waals surface area (Å²) >= 11 is 0. The number of ether oxygens (including phenoxy) is 2. The summed E-state index contributed by atoms with van der Waals surface area (Å²) in [7, 11) is 3.80. The Kier molecular flexibility index (Phi) is 7.85. The number of methoxy groups -OCH3 is 1. The molecule has 2 fully saturated rings. The molecule has 0 unspecified atom stereocenters. The van der Waals surface area contributed by atoms with Gasteiger partial charge < -0.3 is 14.4 Å². The lowest BCUT2D eigenvalue weighted by molar-refractivity contribution is 0.0586. The number of amides is 1. The van der Waals surface area contributed by atoms with E-state index < -0.39 is 6.09 Å². The van der Waals surface area contributed by atoms with Crippen LogP contribution in [-0.4, -0.2) is 82.7 Å². The van der Waals surface area contributed by atoms with Crippen molar-refractivity contribution in [1.29, 1.82) is 0 Å². The Morgan fingerprint density at radius 1 is 1.21 bits per heavy atom. The van der Waals surface area contributed by atoms with E-state index in [1.165, 1.54) is 0 Å². The van der Waals surface area contributed by atoms with Crippen molar-refractivity contribution in [1.82, 2.24) is 24.2 Å². The van der Waals surface area contributed by atoms with Gasteiger partial charge in [0, 0.05) is 56.1 Å². The Bertz CT molecular complexity index is 1280. The second kappa shape index (κ2) is 11.3. The van der Waals surface area contributed by atoms with Crippen LogP contribution in [0.25, 0.3) is 16.8 Å². The number of hydrogen-bond donors (Lipinski definition) is 1. The van der Waals surface area contributed by atoms with Crippen LogP contribution in [-0.2, 0) is 4.74 Å². The number of fused-ring (bicyclic) bond motifs is 1. The topological polar surface area (TPSA) is 84.2 Å². The van der Waals surface area contributed by atoms with Crippen LogP contribution in [0.3, 0.4) is 0 Å². The highest BCUT2D eigenvalue weighted by Gasteiger charge is 2.38. The summed E-state index contributed by atoms with van der Waals surface area (Å²) in [6, 6.07) is 6.39. The normalized spacial score (nSPS) is 21.2. The maximum absolute atomic E-state index is 12.4. The maximum Gasteiger partial charge on any atom is 0.412 e. The van der Waals surface area contributed by atoms with Crippen molar-refractivity contribution in [2.75, 3.05) is 45.7 Å². The van der Waals surface area contributed by atoms with E-state index in [4.69, 9.17) is 14.5 Å². The summed E-state index contributed by atoms with van der Waals surface area (Å²) in [5.41, 5.74) is 4.33. The highest BCUT2D eigenvalue weighted by Crippen LogP contribution is 2.42. The second-order valence-corrected chi connectivity index (χ2v) is 10.8. The zero-order valence-corrected chi connectivity index (χ0v) is 23.2. The van der Waals surface area contributed by atoms with E-state index in [1.807, 2.05) is 44.4 Å². The van der Waals surface area contributed by atoms with Crippen molar-refractivity contribution < 1.29 is 14.3 Å². The van der Waals surface area contributed by atoms with Crippen LogP contribution in [0.1, 0.15) is 57.0 Å². The standard InChI is InChI=1S/C29H40N6O3/c1-6-7-19(2)38-29(36)31-24-9-8-21(18-25(24)37-5)26-27-20(3)30-10-11-35(27)28(32-26)22-16-23(17-22)34-14-12-33(4)13-15-34/h8-11,18-19,22-23H,6-7,12-17H2,1-5H3,(H,31,36)/t19-,22-,23-/m0/s1. The highest BCUT2D eigenvalue weighted by atomic mass is 16.6. The molecule has 1 aromatic carbocycles. The molecule has 1 aliphatic heterocycles. The zero-order valence-electron chi connectivity index (χ0n) is 23.2. The molecule has 1 saturated heterocycles. The van der Waals surface area contributed by atoms with E-state index in [1.54, 1.807) is 7.11 Å². The minimum atomic E-state index is -0.480. The van der Waals surface area contributed by atoms with Crippen LogP contribution in [0.4, 0.5) is 10.5 Å². The molecule has 9 heteroatoms. The molecule has 0 radical (unpaired) electrons. The summed E-state index contributed by atoms with van der Waals surface area (Å²) in [5.74, 6) is 2.08. The molecular formula is C29H40N6O3. The van der Waals surface area contributed by atoms with E-state index in [9.17, 15) is 4.79 Å². The van der Waals surface area contributed by atoms with E-state index in [0.717, 1.165) is 80.2 Å².